The van der Waals surface area contributed by atoms with Crippen LogP contribution in [0.15, 0.2) is 0 Å². The fourth-order valence-electron chi connectivity index (χ4n) is 3.06. The van der Waals surface area contributed by atoms with Gasteiger partial charge in [-0.25, -0.2) is 0 Å². The maximum Gasteiger partial charge on any atom is 0.209 e. The molecule has 1 unspecified atom stereocenters. The molecule has 0 N–H and O–H groups in total. The standard InChI is InChI=1S/C13H21N3O/c14-10-13(12-4-2-1-3-5-12)16-8-6-15(11-17)7-9-16/h11-13H,1-9H2. The summed E-state index contributed by atoms with van der Waals surface area (Å²) in [4.78, 5) is 14.7. The average molecular weight is 235 g/mol. The minimum atomic E-state index is 0.0732. The Morgan fingerprint density at radius 3 is 2.29 bits per heavy atom. The van der Waals surface area contributed by atoms with E-state index in [0.717, 1.165) is 32.6 Å². The second-order valence-electron chi connectivity index (χ2n) is 5.15. The minimum absolute atomic E-state index is 0.0732. The van der Waals surface area contributed by atoms with Crippen LogP contribution in [-0.4, -0.2) is 48.4 Å². The van der Waals surface area contributed by atoms with Gasteiger partial charge in [0.15, 0.2) is 0 Å². The first-order chi connectivity index (χ1) is 8.35. The molecular weight excluding hydrogens is 214 g/mol. The summed E-state index contributed by atoms with van der Waals surface area (Å²) in [5, 5.41) is 9.38. The largest absolute Gasteiger partial charge is 0.343 e. The van der Waals surface area contributed by atoms with Gasteiger partial charge in [0.25, 0.3) is 0 Å². The fraction of sp³-hybridized carbons (Fsp3) is 0.846. The van der Waals surface area contributed by atoms with Crippen molar-refractivity contribution in [2.75, 3.05) is 26.2 Å². The smallest absolute Gasteiger partial charge is 0.209 e. The first-order valence-electron chi connectivity index (χ1n) is 6.68. The van der Waals surface area contributed by atoms with Crippen LogP contribution in [0.5, 0.6) is 0 Å². The molecule has 4 nitrogen and oxygen atoms in total. The maximum atomic E-state index is 10.7. The van der Waals surface area contributed by atoms with Crippen LogP contribution in [0.2, 0.25) is 0 Å². The monoisotopic (exact) mass is 235 g/mol. The number of hydrogen-bond acceptors (Lipinski definition) is 3. The summed E-state index contributed by atoms with van der Waals surface area (Å²) in [7, 11) is 0. The van der Waals surface area contributed by atoms with E-state index in [1.165, 1.54) is 32.1 Å². The molecule has 2 aliphatic rings. The van der Waals surface area contributed by atoms with Gasteiger partial charge in [0, 0.05) is 26.2 Å². The van der Waals surface area contributed by atoms with Crippen LogP contribution in [0.4, 0.5) is 0 Å². The molecular formula is C13H21N3O. The summed E-state index contributed by atoms with van der Waals surface area (Å²) in [5.41, 5.74) is 0. The number of nitriles is 1. The molecule has 0 aromatic rings. The quantitative estimate of drug-likeness (QED) is 0.691. The third kappa shape index (κ3) is 2.98. The van der Waals surface area contributed by atoms with E-state index < -0.39 is 0 Å². The fourth-order valence-corrected chi connectivity index (χ4v) is 3.06. The van der Waals surface area contributed by atoms with Crippen molar-refractivity contribution in [2.24, 2.45) is 5.92 Å². The van der Waals surface area contributed by atoms with Gasteiger partial charge >= 0.3 is 0 Å². The molecule has 1 amide bonds. The molecule has 1 atom stereocenters. The molecule has 2 fully saturated rings. The van der Waals surface area contributed by atoms with Crippen LogP contribution in [0.1, 0.15) is 32.1 Å². The lowest BCUT2D eigenvalue weighted by Gasteiger charge is -2.39. The van der Waals surface area contributed by atoms with Gasteiger partial charge in [-0.1, -0.05) is 19.3 Å². The van der Waals surface area contributed by atoms with Crippen LogP contribution in [0, 0.1) is 17.2 Å². The zero-order valence-electron chi connectivity index (χ0n) is 10.3. The number of rotatable bonds is 3. The molecule has 4 heteroatoms. The summed E-state index contributed by atoms with van der Waals surface area (Å²) < 4.78 is 0. The van der Waals surface area contributed by atoms with E-state index in [1.807, 2.05) is 0 Å². The van der Waals surface area contributed by atoms with Crippen molar-refractivity contribution in [3.63, 3.8) is 0 Å². The second kappa shape index (κ2) is 6.02. The van der Waals surface area contributed by atoms with Gasteiger partial charge in [-0.2, -0.15) is 5.26 Å². The predicted octanol–water partition coefficient (Wildman–Crippen LogP) is 1.23. The Kier molecular flexibility index (Phi) is 4.38. The second-order valence-corrected chi connectivity index (χ2v) is 5.15. The van der Waals surface area contributed by atoms with E-state index in [2.05, 4.69) is 11.0 Å². The molecule has 0 aromatic heterocycles. The zero-order valence-corrected chi connectivity index (χ0v) is 10.3. The molecule has 1 saturated carbocycles. The molecule has 0 radical (unpaired) electrons. The summed E-state index contributed by atoms with van der Waals surface area (Å²) in [6, 6.07) is 2.57. The van der Waals surface area contributed by atoms with Gasteiger partial charge < -0.3 is 4.90 Å². The van der Waals surface area contributed by atoms with Gasteiger partial charge in [-0.15, -0.1) is 0 Å². The van der Waals surface area contributed by atoms with Crippen molar-refractivity contribution in [1.82, 2.24) is 9.80 Å². The highest BCUT2D eigenvalue weighted by Gasteiger charge is 2.30. The molecule has 1 saturated heterocycles. The number of amides is 1. The molecule has 94 valence electrons. The van der Waals surface area contributed by atoms with E-state index in [9.17, 15) is 10.1 Å². The van der Waals surface area contributed by atoms with Crippen LogP contribution in [-0.2, 0) is 4.79 Å². The Morgan fingerprint density at radius 1 is 1.12 bits per heavy atom. The lowest BCUT2D eigenvalue weighted by Crippen LogP contribution is -2.51. The van der Waals surface area contributed by atoms with Crippen molar-refractivity contribution in [3.8, 4) is 6.07 Å². The van der Waals surface area contributed by atoms with Crippen molar-refractivity contribution >= 4 is 6.41 Å². The summed E-state index contributed by atoms with van der Waals surface area (Å²) >= 11 is 0. The van der Waals surface area contributed by atoms with Crippen LogP contribution in [0.3, 0.4) is 0 Å². The van der Waals surface area contributed by atoms with Crippen molar-refractivity contribution in [2.45, 2.75) is 38.1 Å². The van der Waals surface area contributed by atoms with Crippen molar-refractivity contribution < 1.29 is 4.79 Å². The maximum absolute atomic E-state index is 10.7. The highest BCUT2D eigenvalue weighted by molar-refractivity contribution is 5.47. The van der Waals surface area contributed by atoms with E-state index in [0.29, 0.717) is 5.92 Å². The number of carbonyl (C=O) groups is 1. The van der Waals surface area contributed by atoms with Gasteiger partial charge in [0.1, 0.15) is 6.04 Å². The van der Waals surface area contributed by atoms with Gasteiger partial charge in [0.2, 0.25) is 6.41 Å². The van der Waals surface area contributed by atoms with Gasteiger partial charge in [-0.3, -0.25) is 9.69 Å². The van der Waals surface area contributed by atoms with E-state index in [1.54, 1.807) is 4.90 Å². The molecule has 0 bridgehead atoms. The number of hydrogen-bond donors (Lipinski definition) is 0. The summed E-state index contributed by atoms with van der Waals surface area (Å²) in [5.74, 6) is 0.552. The number of carbonyl (C=O) groups excluding carboxylic acids is 1. The SMILES string of the molecule is N#CC(C1CCCCC1)N1CCN(C=O)CC1. The molecule has 1 heterocycles. The third-order valence-electron chi connectivity index (χ3n) is 4.12. The predicted molar refractivity (Wildman–Crippen MR) is 65.2 cm³/mol. The first kappa shape index (κ1) is 12.4. The molecule has 1 aliphatic carbocycles. The lowest BCUT2D eigenvalue weighted by atomic mass is 9.83. The average Bonchev–Trinajstić information content (AvgIpc) is 2.42. The van der Waals surface area contributed by atoms with Gasteiger partial charge in [0.05, 0.1) is 6.07 Å². The lowest BCUT2D eigenvalue weighted by molar-refractivity contribution is -0.120. The third-order valence-corrected chi connectivity index (χ3v) is 4.12. The molecule has 0 aromatic carbocycles. The summed E-state index contributed by atoms with van der Waals surface area (Å²) in [6.45, 7) is 3.25. The Hall–Kier alpha value is -1.08. The van der Waals surface area contributed by atoms with E-state index in [4.69, 9.17) is 0 Å². The molecule has 1 aliphatic heterocycles. The van der Waals surface area contributed by atoms with Crippen LogP contribution in [0.25, 0.3) is 0 Å². The van der Waals surface area contributed by atoms with E-state index in [-0.39, 0.29) is 6.04 Å². The van der Waals surface area contributed by atoms with Crippen molar-refractivity contribution in [1.29, 1.82) is 5.26 Å². The first-order valence-corrected chi connectivity index (χ1v) is 6.68. The van der Waals surface area contributed by atoms with Crippen LogP contribution >= 0.6 is 0 Å². The normalized spacial score (nSPS) is 25.2. The van der Waals surface area contributed by atoms with Crippen LogP contribution < -0.4 is 0 Å². The number of piperazine rings is 1. The molecule has 0 spiro atoms. The zero-order chi connectivity index (χ0) is 12.1. The summed E-state index contributed by atoms with van der Waals surface area (Å²) in [6.07, 6.45) is 7.19. The van der Waals surface area contributed by atoms with E-state index >= 15 is 0 Å². The van der Waals surface area contributed by atoms with Gasteiger partial charge in [-0.05, 0) is 18.8 Å². The number of nitrogens with zero attached hydrogens (tertiary/aromatic N) is 3. The Morgan fingerprint density at radius 2 is 1.76 bits per heavy atom. The highest BCUT2D eigenvalue weighted by Crippen LogP contribution is 2.29. The Bertz CT molecular complexity index is 286. The highest BCUT2D eigenvalue weighted by atomic mass is 16.1. The Labute approximate surface area is 103 Å². The molecule has 2 rings (SSSR count). The minimum Gasteiger partial charge on any atom is -0.343 e. The van der Waals surface area contributed by atoms with Crippen molar-refractivity contribution in [3.05, 3.63) is 0 Å². The topological polar surface area (TPSA) is 47.3 Å². The molecule has 17 heavy (non-hydrogen) atoms. The Balaban J connectivity index is 1.90.